The molecule has 1 aromatic rings. The van der Waals surface area contributed by atoms with Gasteiger partial charge in [-0.15, -0.1) is 0 Å². The van der Waals surface area contributed by atoms with Gasteiger partial charge in [0, 0.05) is 5.54 Å². The number of carbonyl (C=O) groups is 1. The van der Waals surface area contributed by atoms with E-state index in [4.69, 9.17) is 4.74 Å². The molecule has 0 saturated heterocycles. The van der Waals surface area contributed by atoms with Crippen LogP contribution in [0.3, 0.4) is 0 Å². The van der Waals surface area contributed by atoms with E-state index in [2.05, 4.69) is 39.9 Å². The van der Waals surface area contributed by atoms with Crippen LogP contribution in [0, 0.1) is 5.41 Å². The van der Waals surface area contributed by atoms with E-state index in [0.29, 0.717) is 13.0 Å². The molecule has 0 spiro atoms. The van der Waals surface area contributed by atoms with Crippen molar-refractivity contribution in [1.29, 1.82) is 0 Å². The van der Waals surface area contributed by atoms with E-state index in [1.54, 1.807) is 0 Å². The van der Waals surface area contributed by atoms with Crippen LogP contribution < -0.4 is 10.1 Å². The Labute approximate surface area is 129 Å². The Morgan fingerprint density at radius 2 is 1.67 bits per heavy atom. The van der Waals surface area contributed by atoms with E-state index in [1.165, 1.54) is 0 Å². The van der Waals surface area contributed by atoms with E-state index >= 15 is 0 Å². The molecular weight excluding hydrogens is 262 g/mol. The smallest absolute Gasteiger partial charge is 0.224 e. The molecule has 0 heterocycles. The van der Waals surface area contributed by atoms with Gasteiger partial charge in [-0.2, -0.15) is 0 Å². The molecule has 0 aliphatic heterocycles. The monoisotopic (exact) mass is 291 g/mol. The Morgan fingerprint density at radius 3 is 2.14 bits per heavy atom. The fourth-order valence-corrected chi connectivity index (χ4v) is 2.85. The highest BCUT2D eigenvalue weighted by atomic mass is 16.5. The van der Waals surface area contributed by atoms with Crippen molar-refractivity contribution >= 4 is 5.91 Å². The number of rotatable bonds is 6. The minimum absolute atomic E-state index is 0.0633. The van der Waals surface area contributed by atoms with Gasteiger partial charge in [0.1, 0.15) is 5.75 Å². The zero-order valence-electron chi connectivity index (χ0n) is 14.2. The fraction of sp³-hybridized carbons (Fsp3) is 0.611. The van der Waals surface area contributed by atoms with Gasteiger partial charge < -0.3 is 10.1 Å². The summed E-state index contributed by atoms with van der Waals surface area (Å²) in [4.78, 5) is 12.2. The number of ether oxygens (including phenoxy) is 1. The number of amides is 1. The van der Waals surface area contributed by atoms with Crippen molar-refractivity contribution in [3.05, 3.63) is 29.8 Å². The predicted octanol–water partition coefficient (Wildman–Crippen LogP) is 3.96. The zero-order chi connectivity index (χ0) is 16.1. The molecule has 0 fully saturated rings. The summed E-state index contributed by atoms with van der Waals surface area (Å²) in [6, 6.07) is 7.71. The molecule has 0 aliphatic carbocycles. The third-order valence-electron chi connectivity index (χ3n) is 3.05. The largest absolute Gasteiger partial charge is 0.494 e. The van der Waals surface area contributed by atoms with E-state index < -0.39 is 0 Å². The minimum atomic E-state index is -0.194. The Hall–Kier alpha value is -1.51. The summed E-state index contributed by atoms with van der Waals surface area (Å²) in [5, 5.41) is 3.13. The molecule has 118 valence electrons. The SMILES string of the molecule is CCOc1ccc(CC(=O)NC(C)(C)CC(C)(C)C)cc1. The van der Waals surface area contributed by atoms with Gasteiger partial charge in [-0.3, -0.25) is 4.79 Å². The van der Waals surface area contributed by atoms with Gasteiger partial charge in [0.2, 0.25) is 5.91 Å². The lowest BCUT2D eigenvalue weighted by Gasteiger charge is -2.33. The van der Waals surface area contributed by atoms with Crippen molar-refractivity contribution in [2.45, 2.75) is 59.9 Å². The van der Waals surface area contributed by atoms with Crippen molar-refractivity contribution in [1.82, 2.24) is 5.32 Å². The first kappa shape index (κ1) is 17.5. The lowest BCUT2D eigenvalue weighted by atomic mass is 9.81. The van der Waals surface area contributed by atoms with Crippen LogP contribution in [0.25, 0.3) is 0 Å². The average molecular weight is 291 g/mol. The maximum Gasteiger partial charge on any atom is 0.224 e. The summed E-state index contributed by atoms with van der Waals surface area (Å²) in [6.45, 7) is 13.3. The van der Waals surface area contributed by atoms with Crippen LogP contribution in [-0.4, -0.2) is 18.1 Å². The number of hydrogen-bond donors (Lipinski definition) is 1. The van der Waals surface area contributed by atoms with Crippen LogP contribution >= 0.6 is 0 Å². The molecule has 0 saturated carbocycles. The van der Waals surface area contributed by atoms with Gasteiger partial charge in [-0.1, -0.05) is 32.9 Å². The lowest BCUT2D eigenvalue weighted by Crippen LogP contribution is -2.46. The topological polar surface area (TPSA) is 38.3 Å². The number of nitrogens with one attached hydrogen (secondary N) is 1. The number of carbonyl (C=O) groups excluding carboxylic acids is 1. The van der Waals surface area contributed by atoms with Crippen molar-refractivity contribution in [3.8, 4) is 5.75 Å². The second-order valence-corrected chi connectivity index (χ2v) is 7.42. The molecule has 0 unspecified atom stereocenters. The third-order valence-corrected chi connectivity index (χ3v) is 3.05. The van der Waals surface area contributed by atoms with Crippen molar-refractivity contribution in [2.75, 3.05) is 6.61 Å². The highest BCUT2D eigenvalue weighted by Crippen LogP contribution is 2.26. The van der Waals surface area contributed by atoms with E-state index in [9.17, 15) is 4.79 Å². The Balaban J connectivity index is 2.57. The molecule has 0 aromatic heterocycles. The molecule has 1 amide bonds. The van der Waals surface area contributed by atoms with Crippen LogP contribution in [0.4, 0.5) is 0 Å². The van der Waals surface area contributed by atoms with E-state index in [1.807, 2.05) is 31.2 Å². The normalized spacial score (nSPS) is 12.1. The first-order valence-corrected chi connectivity index (χ1v) is 7.64. The van der Waals surface area contributed by atoms with Crippen LogP contribution in [0.5, 0.6) is 5.75 Å². The summed E-state index contributed by atoms with van der Waals surface area (Å²) >= 11 is 0. The van der Waals surface area contributed by atoms with Gasteiger partial charge in [0.25, 0.3) is 0 Å². The molecular formula is C18H29NO2. The maximum absolute atomic E-state index is 12.2. The van der Waals surface area contributed by atoms with Gasteiger partial charge in [0.15, 0.2) is 0 Å². The Bertz CT molecular complexity index is 455. The molecule has 21 heavy (non-hydrogen) atoms. The molecule has 3 heteroatoms. The van der Waals surface area contributed by atoms with Gasteiger partial charge in [-0.25, -0.2) is 0 Å². The second-order valence-electron chi connectivity index (χ2n) is 7.42. The zero-order valence-corrected chi connectivity index (χ0v) is 14.2. The molecule has 1 N–H and O–H groups in total. The fourth-order valence-electron chi connectivity index (χ4n) is 2.85. The predicted molar refractivity (Wildman–Crippen MR) is 87.6 cm³/mol. The Kier molecular flexibility index (Phi) is 5.82. The van der Waals surface area contributed by atoms with E-state index in [0.717, 1.165) is 17.7 Å². The van der Waals surface area contributed by atoms with Gasteiger partial charge in [0.05, 0.1) is 13.0 Å². The van der Waals surface area contributed by atoms with Crippen molar-refractivity contribution in [2.24, 2.45) is 5.41 Å². The molecule has 0 aliphatic rings. The molecule has 1 aromatic carbocycles. The van der Waals surface area contributed by atoms with Gasteiger partial charge in [-0.05, 0) is 50.3 Å². The van der Waals surface area contributed by atoms with Crippen molar-refractivity contribution < 1.29 is 9.53 Å². The quantitative estimate of drug-likeness (QED) is 0.861. The minimum Gasteiger partial charge on any atom is -0.494 e. The number of benzene rings is 1. The first-order chi connectivity index (χ1) is 9.61. The lowest BCUT2D eigenvalue weighted by molar-refractivity contribution is -0.122. The summed E-state index contributed by atoms with van der Waals surface area (Å²) in [7, 11) is 0. The standard InChI is InChI=1S/C18H29NO2/c1-7-21-15-10-8-14(9-11-15)12-16(20)19-18(5,6)13-17(2,3)4/h8-11H,7,12-13H2,1-6H3,(H,19,20). The molecule has 3 nitrogen and oxygen atoms in total. The number of hydrogen-bond acceptors (Lipinski definition) is 2. The van der Waals surface area contributed by atoms with E-state index in [-0.39, 0.29) is 16.9 Å². The summed E-state index contributed by atoms with van der Waals surface area (Å²) in [5.74, 6) is 0.906. The highest BCUT2D eigenvalue weighted by molar-refractivity contribution is 5.79. The van der Waals surface area contributed by atoms with Crippen LogP contribution in [0.1, 0.15) is 53.5 Å². The second kappa shape index (κ2) is 6.97. The van der Waals surface area contributed by atoms with Crippen LogP contribution in [-0.2, 0) is 11.2 Å². The molecule has 0 atom stereocenters. The summed E-state index contributed by atoms with van der Waals surface area (Å²) in [6.07, 6.45) is 1.34. The summed E-state index contributed by atoms with van der Waals surface area (Å²) < 4.78 is 5.40. The molecule has 0 bridgehead atoms. The van der Waals surface area contributed by atoms with Crippen molar-refractivity contribution in [3.63, 3.8) is 0 Å². The van der Waals surface area contributed by atoms with Gasteiger partial charge >= 0.3 is 0 Å². The average Bonchev–Trinajstić information content (AvgIpc) is 2.27. The van der Waals surface area contributed by atoms with Crippen LogP contribution in [0.15, 0.2) is 24.3 Å². The molecule has 1 rings (SSSR count). The summed E-state index contributed by atoms with van der Waals surface area (Å²) in [5.41, 5.74) is 0.999. The first-order valence-electron chi connectivity index (χ1n) is 7.64. The maximum atomic E-state index is 12.2. The molecule has 0 radical (unpaired) electrons. The van der Waals surface area contributed by atoms with Crippen LogP contribution in [0.2, 0.25) is 0 Å². The Morgan fingerprint density at radius 1 is 1.10 bits per heavy atom. The highest BCUT2D eigenvalue weighted by Gasteiger charge is 2.26. The third kappa shape index (κ3) is 7.16.